The Morgan fingerprint density at radius 1 is 1.28 bits per heavy atom. The Morgan fingerprint density at radius 3 is 2.72 bits per heavy atom. The van der Waals surface area contributed by atoms with Crippen molar-refractivity contribution in [1.29, 1.82) is 0 Å². The van der Waals surface area contributed by atoms with Gasteiger partial charge in [0, 0.05) is 39.8 Å². The summed E-state index contributed by atoms with van der Waals surface area (Å²) < 4.78 is 5.82. The number of rotatable bonds is 3. The highest BCUT2D eigenvalue weighted by Crippen LogP contribution is 2.21. The fraction of sp³-hybridized carbons (Fsp3) is 0.526. The third-order valence-electron chi connectivity index (χ3n) is 4.69. The summed E-state index contributed by atoms with van der Waals surface area (Å²) in [7, 11) is 4.00. The Hall–Kier alpha value is -1.12. The van der Waals surface area contributed by atoms with Gasteiger partial charge in [-0.2, -0.15) is 0 Å². The summed E-state index contributed by atoms with van der Waals surface area (Å²) in [6.07, 6.45) is 3.60. The minimum atomic E-state index is 0. The predicted molar refractivity (Wildman–Crippen MR) is 115 cm³/mol. The van der Waals surface area contributed by atoms with Gasteiger partial charge in [0.1, 0.15) is 0 Å². The Bertz CT molecular complexity index is 590. The summed E-state index contributed by atoms with van der Waals surface area (Å²) in [5, 5.41) is 3.48. The van der Waals surface area contributed by atoms with Gasteiger partial charge < -0.3 is 19.9 Å². The topological polar surface area (TPSA) is 40.1 Å². The molecule has 1 aromatic carbocycles. The van der Waals surface area contributed by atoms with Crippen LogP contribution in [-0.2, 0) is 4.74 Å². The molecule has 138 valence electrons. The molecule has 2 aliphatic heterocycles. The first-order valence-electron chi connectivity index (χ1n) is 8.76. The van der Waals surface area contributed by atoms with Gasteiger partial charge in [0.05, 0.1) is 12.7 Å². The highest BCUT2D eigenvalue weighted by molar-refractivity contribution is 14.0. The number of nitrogens with one attached hydrogen (secondary N) is 1. The molecule has 1 atom stereocenters. The van der Waals surface area contributed by atoms with Crippen LogP contribution in [-0.4, -0.2) is 75.3 Å². The molecule has 6 heteroatoms. The van der Waals surface area contributed by atoms with E-state index in [9.17, 15) is 0 Å². The summed E-state index contributed by atoms with van der Waals surface area (Å²) in [6, 6.07) is 10.6. The van der Waals surface area contributed by atoms with Gasteiger partial charge in [-0.3, -0.25) is 4.99 Å². The Labute approximate surface area is 168 Å². The molecule has 0 spiro atoms. The molecule has 1 unspecified atom stereocenters. The van der Waals surface area contributed by atoms with Crippen LogP contribution in [0.25, 0.3) is 5.57 Å². The molecule has 1 aromatic rings. The second-order valence-corrected chi connectivity index (χ2v) is 6.47. The van der Waals surface area contributed by atoms with Crippen LogP contribution in [0.1, 0.15) is 12.0 Å². The van der Waals surface area contributed by atoms with Gasteiger partial charge in [0.15, 0.2) is 5.96 Å². The van der Waals surface area contributed by atoms with Gasteiger partial charge in [-0.1, -0.05) is 36.4 Å². The highest BCUT2D eigenvalue weighted by Gasteiger charge is 2.20. The van der Waals surface area contributed by atoms with E-state index in [4.69, 9.17) is 4.74 Å². The van der Waals surface area contributed by atoms with Crippen LogP contribution in [0.2, 0.25) is 0 Å². The SMILES string of the molecule is CN=C(NCC1CN(C)CCO1)N1CC=C(c2ccccc2)CC1.I. The van der Waals surface area contributed by atoms with Crippen LogP contribution in [0.15, 0.2) is 41.4 Å². The Morgan fingerprint density at radius 2 is 2.08 bits per heavy atom. The van der Waals surface area contributed by atoms with Crippen molar-refractivity contribution in [3.05, 3.63) is 42.0 Å². The monoisotopic (exact) mass is 456 g/mol. The smallest absolute Gasteiger partial charge is 0.194 e. The number of morpholine rings is 1. The average Bonchev–Trinajstić information content (AvgIpc) is 2.64. The van der Waals surface area contributed by atoms with Crippen molar-refractivity contribution in [1.82, 2.24) is 15.1 Å². The van der Waals surface area contributed by atoms with E-state index in [1.807, 2.05) is 7.05 Å². The maximum atomic E-state index is 5.82. The van der Waals surface area contributed by atoms with Crippen molar-refractivity contribution in [2.45, 2.75) is 12.5 Å². The fourth-order valence-electron chi connectivity index (χ4n) is 3.30. The lowest BCUT2D eigenvalue weighted by molar-refractivity contribution is -0.0163. The number of ether oxygens (including phenoxy) is 1. The van der Waals surface area contributed by atoms with Crippen molar-refractivity contribution in [2.75, 3.05) is 53.4 Å². The number of hydrogen-bond acceptors (Lipinski definition) is 3. The van der Waals surface area contributed by atoms with E-state index in [2.05, 4.69) is 63.6 Å². The normalized spacial score (nSPS) is 22.2. The summed E-state index contributed by atoms with van der Waals surface area (Å²) in [4.78, 5) is 9.06. The molecule has 2 heterocycles. The van der Waals surface area contributed by atoms with Crippen molar-refractivity contribution >= 4 is 35.5 Å². The third-order valence-corrected chi connectivity index (χ3v) is 4.69. The largest absolute Gasteiger partial charge is 0.374 e. The van der Waals surface area contributed by atoms with Gasteiger partial charge >= 0.3 is 0 Å². The third kappa shape index (κ3) is 5.69. The molecule has 0 saturated carbocycles. The van der Waals surface area contributed by atoms with Gasteiger partial charge in [-0.15, -0.1) is 24.0 Å². The van der Waals surface area contributed by atoms with E-state index in [0.29, 0.717) is 0 Å². The molecule has 2 aliphatic rings. The lowest BCUT2D eigenvalue weighted by atomic mass is 10.00. The summed E-state index contributed by atoms with van der Waals surface area (Å²) in [6.45, 7) is 5.50. The van der Waals surface area contributed by atoms with Gasteiger partial charge in [-0.05, 0) is 24.6 Å². The molecule has 0 aliphatic carbocycles. The second-order valence-electron chi connectivity index (χ2n) is 6.47. The van der Waals surface area contributed by atoms with Gasteiger partial charge in [0.25, 0.3) is 0 Å². The quantitative estimate of drug-likeness (QED) is 0.431. The number of halogens is 1. The van der Waals surface area contributed by atoms with E-state index in [1.165, 1.54) is 11.1 Å². The summed E-state index contributed by atoms with van der Waals surface area (Å²) >= 11 is 0. The first-order chi connectivity index (χ1) is 11.8. The first kappa shape index (κ1) is 20.2. The second kappa shape index (κ2) is 10.1. The Balaban J connectivity index is 0.00000225. The minimum absolute atomic E-state index is 0. The molecule has 3 rings (SSSR count). The molecule has 1 fully saturated rings. The molecule has 0 aromatic heterocycles. The molecule has 25 heavy (non-hydrogen) atoms. The molecule has 1 saturated heterocycles. The fourth-order valence-corrected chi connectivity index (χ4v) is 3.30. The predicted octanol–water partition coefficient (Wildman–Crippen LogP) is 2.30. The maximum absolute atomic E-state index is 5.82. The van der Waals surface area contributed by atoms with Crippen molar-refractivity contribution in [2.24, 2.45) is 4.99 Å². The van der Waals surface area contributed by atoms with E-state index in [0.717, 1.165) is 51.7 Å². The number of benzene rings is 1. The molecule has 0 amide bonds. The zero-order chi connectivity index (χ0) is 16.8. The van der Waals surface area contributed by atoms with Crippen molar-refractivity contribution in [3.8, 4) is 0 Å². The zero-order valence-electron chi connectivity index (χ0n) is 15.1. The van der Waals surface area contributed by atoms with E-state index < -0.39 is 0 Å². The highest BCUT2D eigenvalue weighted by atomic mass is 127. The molecular weight excluding hydrogens is 427 g/mol. The summed E-state index contributed by atoms with van der Waals surface area (Å²) in [5.74, 6) is 0.968. The minimum Gasteiger partial charge on any atom is -0.374 e. The van der Waals surface area contributed by atoms with Crippen LogP contribution in [0, 0.1) is 0 Å². The number of likely N-dealkylation sites (N-methyl/N-ethyl adjacent to an activating group) is 1. The average molecular weight is 456 g/mol. The lowest BCUT2D eigenvalue weighted by Gasteiger charge is -2.33. The van der Waals surface area contributed by atoms with Crippen LogP contribution >= 0.6 is 24.0 Å². The molecule has 5 nitrogen and oxygen atoms in total. The molecule has 0 radical (unpaired) electrons. The number of guanidine groups is 1. The maximum Gasteiger partial charge on any atom is 0.194 e. The van der Waals surface area contributed by atoms with Gasteiger partial charge in [-0.25, -0.2) is 0 Å². The van der Waals surface area contributed by atoms with Crippen molar-refractivity contribution < 1.29 is 4.74 Å². The number of nitrogens with zero attached hydrogens (tertiary/aromatic N) is 3. The first-order valence-corrected chi connectivity index (χ1v) is 8.76. The van der Waals surface area contributed by atoms with Crippen LogP contribution < -0.4 is 5.32 Å². The number of aliphatic imine (C=N–C) groups is 1. The standard InChI is InChI=1S/C19H28N4O.HI/c1-20-19(21-14-18-15-22(2)12-13-24-18)23-10-8-17(9-11-23)16-6-4-3-5-7-16;/h3-8,18H,9-15H2,1-2H3,(H,20,21);1H. The van der Waals surface area contributed by atoms with Crippen molar-refractivity contribution in [3.63, 3.8) is 0 Å². The van der Waals surface area contributed by atoms with Crippen LogP contribution in [0.5, 0.6) is 0 Å². The molecule has 1 N–H and O–H groups in total. The number of hydrogen-bond donors (Lipinski definition) is 1. The van der Waals surface area contributed by atoms with E-state index in [-0.39, 0.29) is 30.1 Å². The lowest BCUT2D eigenvalue weighted by Crippen LogP contribution is -2.50. The van der Waals surface area contributed by atoms with E-state index in [1.54, 1.807) is 0 Å². The van der Waals surface area contributed by atoms with Gasteiger partial charge in [0.2, 0.25) is 0 Å². The zero-order valence-corrected chi connectivity index (χ0v) is 17.5. The van der Waals surface area contributed by atoms with Crippen LogP contribution in [0.3, 0.4) is 0 Å². The Kier molecular flexibility index (Phi) is 8.18. The summed E-state index contributed by atoms with van der Waals surface area (Å²) in [5.41, 5.74) is 2.76. The van der Waals surface area contributed by atoms with E-state index >= 15 is 0 Å². The molecule has 0 bridgehead atoms. The molecular formula is C19H29IN4O. The van der Waals surface area contributed by atoms with Crippen LogP contribution in [0.4, 0.5) is 0 Å².